The molecule has 0 unspecified atom stereocenters. The Morgan fingerprint density at radius 1 is 0.871 bits per heavy atom. The van der Waals surface area contributed by atoms with E-state index in [-0.39, 0.29) is 16.0 Å². The van der Waals surface area contributed by atoms with Crippen molar-refractivity contribution < 1.29 is 22.4 Å². The maximum absolute atomic E-state index is 13.7. The maximum Gasteiger partial charge on any atom is 0.272 e. The Bertz CT molecular complexity index is 1230. The van der Waals surface area contributed by atoms with E-state index < -0.39 is 27.7 Å². The molecule has 0 bridgehead atoms. The fourth-order valence-electron chi connectivity index (χ4n) is 2.75. The Morgan fingerprint density at radius 2 is 1.52 bits per heavy atom. The number of hydrogen-bond acceptors (Lipinski definition) is 4. The van der Waals surface area contributed by atoms with E-state index in [2.05, 4.69) is 10.9 Å². The summed E-state index contributed by atoms with van der Waals surface area (Å²) in [6.07, 6.45) is 0. The van der Waals surface area contributed by atoms with E-state index in [0.29, 0.717) is 5.69 Å². The molecule has 0 aliphatic heterocycles. The summed E-state index contributed by atoms with van der Waals surface area (Å²) in [5.41, 5.74) is 5.50. The van der Waals surface area contributed by atoms with Crippen molar-refractivity contribution in [1.29, 1.82) is 0 Å². The number of hydrazine groups is 1. The third kappa shape index (κ3) is 4.89. The first kappa shape index (κ1) is 22.0. The molecule has 3 rings (SSSR count). The van der Waals surface area contributed by atoms with E-state index in [1.807, 2.05) is 6.92 Å². The van der Waals surface area contributed by atoms with Gasteiger partial charge < -0.3 is 0 Å². The number of sulfonamides is 1. The van der Waals surface area contributed by atoms with Crippen molar-refractivity contribution in [2.45, 2.75) is 11.8 Å². The molecular formula is C22H20FN3O4S. The molecule has 0 atom stereocenters. The van der Waals surface area contributed by atoms with Crippen molar-refractivity contribution in [1.82, 2.24) is 10.9 Å². The highest BCUT2D eigenvalue weighted by Gasteiger charge is 2.22. The molecule has 31 heavy (non-hydrogen) atoms. The smallest absolute Gasteiger partial charge is 0.269 e. The van der Waals surface area contributed by atoms with Crippen molar-refractivity contribution >= 4 is 27.5 Å². The minimum atomic E-state index is -3.92. The minimum absolute atomic E-state index is 0.00668. The van der Waals surface area contributed by atoms with Crippen LogP contribution in [-0.2, 0) is 10.0 Å². The van der Waals surface area contributed by atoms with Crippen molar-refractivity contribution in [3.05, 3.63) is 95.3 Å². The molecule has 9 heteroatoms. The average molecular weight is 441 g/mol. The second kappa shape index (κ2) is 8.97. The molecule has 0 aliphatic rings. The van der Waals surface area contributed by atoms with Gasteiger partial charge in [0.25, 0.3) is 21.8 Å². The number of nitrogens with one attached hydrogen (secondary N) is 2. The number of anilines is 1. The SMILES string of the molecule is Cc1ccc(N(C)S(=O)(=O)c2cccc(C(=O)NNC(=O)c3ccccc3F)c2)cc1. The summed E-state index contributed by atoms with van der Waals surface area (Å²) < 4.78 is 40.7. The zero-order valence-electron chi connectivity index (χ0n) is 16.8. The van der Waals surface area contributed by atoms with E-state index in [4.69, 9.17) is 0 Å². The molecule has 2 N–H and O–H groups in total. The average Bonchev–Trinajstić information content (AvgIpc) is 2.77. The maximum atomic E-state index is 13.7. The molecule has 0 heterocycles. The summed E-state index contributed by atoms with van der Waals surface area (Å²) in [6, 6.07) is 17.7. The Kier molecular flexibility index (Phi) is 6.36. The highest BCUT2D eigenvalue weighted by Crippen LogP contribution is 2.23. The standard InChI is InChI=1S/C22H20FN3O4S/c1-15-10-12-17(13-11-15)26(2)31(29,30)18-7-5-6-16(14-18)21(27)24-25-22(28)19-8-3-4-9-20(19)23/h3-14H,1-2H3,(H,24,27)(H,25,28). The van der Waals surface area contributed by atoms with E-state index in [1.165, 1.54) is 49.5 Å². The van der Waals surface area contributed by atoms with Crippen molar-refractivity contribution in [2.24, 2.45) is 0 Å². The number of carbonyl (C=O) groups excluding carboxylic acids is 2. The number of hydrogen-bond donors (Lipinski definition) is 2. The summed E-state index contributed by atoms with van der Waals surface area (Å²) in [7, 11) is -2.51. The molecular weight excluding hydrogens is 421 g/mol. The largest absolute Gasteiger partial charge is 0.272 e. The second-order valence-electron chi connectivity index (χ2n) is 6.72. The van der Waals surface area contributed by atoms with Gasteiger partial charge >= 0.3 is 0 Å². The van der Waals surface area contributed by atoms with E-state index in [0.717, 1.165) is 15.9 Å². The van der Waals surface area contributed by atoms with Gasteiger partial charge in [-0.2, -0.15) is 0 Å². The summed E-state index contributed by atoms with van der Waals surface area (Å²) in [4.78, 5) is 24.3. The number of halogens is 1. The van der Waals surface area contributed by atoms with Crippen LogP contribution < -0.4 is 15.2 Å². The summed E-state index contributed by atoms with van der Waals surface area (Å²) in [5.74, 6) is -2.32. The molecule has 0 fully saturated rings. The normalized spacial score (nSPS) is 10.9. The molecule has 0 saturated carbocycles. The molecule has 7 nitrogen and oxygen atoms in total. The lowest BCUT2D eigenvalue weighted by atomic mass is 10.2. The van der Waals surface area contributed by atoms with Crippen LogP contribution in [-0.4, -0.2) is 27.3 Å². The van der Waals surface area contributed by atoms with Gasteiger partial charge in [-0.25, -0.2) is 12.8 Å². The van der Waals surface area contributed by atoms with Crippen LogP contribution in [0.1, 0.15) is 26.3 Å². The number of carbonyl (C=O) groups is 2. The van der Waals surface area contributed by atoms with Crippen molar-refractivity contribution in [3.8, 4) is 0 Å². The third-order valence-corrected chi connectivity index (χ3v) is 6.34. The zero-order chi connectivity index (χ0) is 22.6. The summed E-state index contributed by atoms with van der Waals surface area (Å²) in [6.45, 7) is 1.89. The quantitative estimate of drug-likeness (QED) is 0.595. The van der Waals surface area contributed by atoms with Crippen molar-refractivity contribution in [3.63, 3.8) is 0 Å². The first-order chi connectivity index (χ1) is 14.7. The van der Waals surface area contributed by atoms with Gasteiger partial charge in [-0.15, -0.1) is 0 Å². The zero-order valence-corrected chi connectivity index (χ0v) is 17.6. The molecule has 3 aromatic carbocycles. The highest BCUT2D eigenvalue weighted by molar-refractivity contribution is 7.92. The molecule has 0 saturated heterocycles. The van der Waals surface area contributed by atoms with Crippen LogP contribution in [0.15, 0.2) is 77.7 Å². The van der Waals surface area contributed by atoms with Crippen LogP contribution >= 0.6 is 0 Å². The molecule has 0 aromatic heterocycles. The van der Waals surface area contributed by atoms with Crippen LogP contribution in [0.5, 0.6) is 0 Å². The van der Waals surface area contributed by atoms with Gasteiger partial charge in [0.15, 0.2) is 0 Å². The Morgan fingerprint density at radius 3 is 2.19 bits per heavy atom. The number of aryl methyl sites for hydroxylation is 1. The summed E-state index contributed by atoms with van der Waals surface area (Å²) in [5, 5.41) is 0. The number of benzene rings is 3. The molecule has 0 radical (unpaired) electrons. The fourth-order valence-corrected chi connectivity index (χ4v) is 3.99. The lowest BCUT2D eigenvalue weighted by Gasteiger charge is -2.20. The Labute approximate surface area is 179 Å². The van der Waals surface area contributed by atoms with Crippen LogP contribution in [0, 0.1) is 12.7 Å². The first-order valence-electron chi connectivity index (χ1n) is 9.21. The summed E-state index contributed by atoms with van der Waals surface area (Å²) >= 11 is 0. The second-order valence-corrected chi connectivity index (χ2v) is 8.69. The van der Waals surface area contributed by atoms with Crippen LogP contribution in [0.2, 0.25) is 0 Å². The van der Waals surface area contributed by atoms with E-state index in [1.54, 1.807) is 24.3 Å². The van der Waals surface area contributed by atoms with E-state index in [9.17, 15) is 22.4 Å². The molecule has 2 amide bonds. The molecule has 0 aliphatic carbocycles. The lowest BCUT2D eigenvalue weighted by molar-refractivity contribution is 0.0844. The number of rotatable bonds is 5. The van der Waals surface area contributed by atoms with Gasteiger partial charge in [0.2, 0.25) is 0 Å². The molecule has 3 aromatic rings. The van der Waals surface area contributed by atoms with Crippen LogP contribution in [0.4, 0.5) is 10.1 Å². The number of amides is 2. The van der Waals surface area contributed by atoms with Gasteiger partial charge in [0, 0.05) is 12.6 Å². The predicted octanol–water partition coefficient (Wildman–Crippen LogP) is 3.03. The van der Waals surface area contributed by atoms with Crippen LogP contribution in [0.3, 0.4) is 0 Å². The van der Waals surface area contributed by atoms with Gasteiger partial charge in [-0.1, -0.05) is 35.9 Å². The third-order valence-electron chi connectivity index (χ3n) is 4.56. The highest BCUT2D eigenvalue weighted by atomic mass is 32.2. The Hall–Kier alpha value is -3.72. The fraction of sp³-hybridized carbons (Fsp3) is 0.0909. The first-order valence-corrected chi connectivity index (χ1v) is 10.6. The number of nitrogens with zero attached hydrogens (tertiary/aromatic N) is 1. The minimum Gasteiger partial charge on any atom is -0.269 e. The molecule has 160 valence electrons. The van der Waals surface area contributed by atoms with Gasteiger partial charge in [-0.05, 0) is 49.4 Å². The van der Waals surface area contributed by atoms with Gasteiger partial charge in [-0.3, -0.25) is 24.7 Å². The topological polar surface area (TPSA) is 95.6 Å². The molecule has 0 spiro atoms. The Balaban J connectivity index is 1.76. The lowest BCUT2D eigenvalue weighted by Crippen LogP contribution is -2.42. The van der Waals surface area contributed by atoms with Gasteiger partial charge in [0.1, 0.15) is 5.82 Å². The van der Waals surface area contributed by atoms with Gasteiger partial charge in [0.05, 0.1) is 16.1 Å². The monoisotopic (exact) mass is 441 g/mol. The van der Waals surface area contributed by atoms with Crippen molar-refractivity contribution in [2.75, 3.05) is 11.4 Å². The van der Waals surface area contributed by atoms with Crippen LogP contribution in [0.25, 0.3) is 0 Å². The predicted molar refractivity (Wildman–Crippen MR) is 115 cm³/mol. The van der Waals surface area contributed by atoms with E-state index >= 15 is 0 Å².